The van der Waals surface area contributed by atoms with Crippen LogP contribution in [0.1, 0.15) is 20.7 Å². The highest BCUT2D eigenvalue weighted by Crippen LogP contribution is 2.18. The summed E-state index contributed by atoms with van der Waals surface area (Å²) in [6.07, 6.45) is 0. The van der Waals surface area contributed by atoms with Crippen molar-refractivity contribution in [3.63, 3.8) is 0 Å². The zero-order valence-electron chi connectivity index (χ0n) is 9.96. The Morgan fingerprint density at radius 2 is 1.63 bits per heavy atom. The van der Waals surface area contributed by atoms with Crippen LogP contribution >= 0.6 is 0 Å². The summed E-state index contributed by atoms with van der Waals surface area (Å²) in [5.74, 6) is -1.04. The lowest BCUT2D eigenvalue weighted by atomic mass is 10.1. The molecule has 2 aromatic carbocycles. The fraction of sp³-hybridized carbons (Fsp3) is 0. The van der Waals surface area contributed by atoms with Crippen molar-refractivity contribution in [2.45, 2.75) is 0 Å². The van der Waals surface area contributed by atoms with Gasteiger partial charge in [0.25, 0.3) is 5.91 Å². The second-order valence-electron chi connectivity index (χ2n) is 3.91. The third kappa shape index (κ3) is 2.90. The van der Waals surface area contributed by atoms with Crippen LogP contribution < -0.4 is 11.1 Å². The first kappa shape index (κ1) is 12.6. The highest BCUT2D eigenvalue weighted by molar-refractivity contribution is 6.06. The van der Waals surface area contributed by atoms with Crippen LogP contribution in [0.25, 0.3) is 0 Å². The molecule has 0 aliphatic heterocycles. The molecule has 0 aliphatic carbocycles. The maximum atomic E-state index is 11.9. The summed E-state index contributed by atoms with van der Waals surface area (Å²) < 4.78 is 0. The molecular formula is C14H12N2O3. The molecule has 0 atom stereocenters. The summed E-state index contributed by atoms with van der Waals surface area (Å²) in [4.78, 5) is 22.8. The second kappa shape index (κ2) is 5.22. The largest absolute Gasteiger partial charge is 0.507 e. The Morgan fingerprint density at radius 3 is 2.21 bits per heavy atom. The standard InChI is InChI=1S/C14H12N2O3/c15-13(18)9-5-7-10(8-6-9)16-14(19)11-3-1-2-4-12(11)17/h1-8,17H,(H2,15,18)(H,16,19). The predicted octanol–water partition coefficient (Wildman–Crippen LogP) is 1.74. The normalized spacial score (nSPS) is 9.89. The number of anilines is 1. The Hall–Kier alpha value is -2.82. The molecule has 0 saturated heterocycles. The minimum atomic E-state index is -0.529. The molecule has 4 N–H and O–H groups in total. The van der Waals surface area contributed by atoms with Gasteiger partial charge in [0.15, 0.2) is 0 Å². The third-order valence-corrected chi connectivity index (χ3v) is 2.58. The quantitative estimate of drug-likeness (QED) is 0.781. The van der Waals surface area contributed by atoms with Crippen LogP contribution in [-0.4, -0.2) is 16.9 Å². The van der Waals surface area contributed by atoms with Gasteiger partial charge in [-0.3, -0.25) is 9.59 Å². The number of nitrogens with two attached hydrogens (primary N) is 1. The van der Waals surface area contributed by atoms with Crippen molar-refractivity contribution in [1.82, 2.24) is 0 Å². The lowest BCUT2D eigenvalue weighted by Gasteiger charge is -2.07. The van der Waals surface area contributed by atoms with Crippen LogP contribution in [-0.2, 0) is 0 Å². The number of hydrogen-bond acceptors (Lipinski definition) is 3. The van der Waals surface area contributed by atoms with E-state index in [1.807, 2.05) is 0 Å². The molecule has 0 aromatic heterocycles. The van der Waals surface area contributed by atoms with E-state index >= 15 is 0 Å². The molecule has 0 aliphatic rings. The number of hydrogen-bond donors (Lipinski definition) is 3. The first-order valence-corrected chi connectivity index (χ1v) is 5.57. The lowest BCUT2D eigenvalue weighted by Crippen LogP contribution is -2.13. The number of phenols is 1. The number of amides is 2. The maximum Gasteiger partial charge on any atom is 0.259 e. The molecule has 0 heterocycles. The van der Waals surface area contributed by atoms with E-state index in [2.05, 4.69) is 5.32 Å². The maximum absolute atomic E-state index is 11.9. The number of benzene rings is 2. The van der Waals surface area contributed by atoms with E-state index in [9.17, 15) is 14.7 Å². The van der Waals surface area contributed by atoms with Gasteiger partial charge in [-0.1, -0.05) is 12.1 Å². The van der Waals surface area contributed by atoms with Crippen molar-refractivity contribution >= 4 is 17.5 Å². The number of rotatable bonds is 3. The van der Waals surface area contributed by atoms with Crippen molar-refractivity contribution in [2.24, 2.45) is 5.73 Å². The minimum absolute atomic E-state index is 0.0891. The van der Waals surface area contributed by atoms with Crippen LogP contribution in [0.4, 0.5) is 5.69 Å². The predicted molar refractivity (Wildman–Crippen MR) is 71.0 cm³/mol. The molecule has 2 rings (SSSR count). The van der Waals surface area contributed by atoms with Crippen molar-refractivity contribution in [3.8, 4) is 5.75 Å². The van der Waals surface area contributed by atoms with E-state index in [4.69, 9.17) is 5.73 Å². The Morgan fingerprint density at radius 1 is 1.00 bits per heavy atom. The van der Waals surface area contributed by atoms with E-state index in [1.165, 1.54) is 24.3 Å². The van der Waals surface area contributed by atoms with Gasteiger partial charge in [-0.2, -0.15) is 0 Å². The van der Waals surface area contributed by atoms with Gasteiger partial charge in [-0.25, -0.2) is 0 Å². The van der Waals surface area contributed by atoms with Crippen LogP contribution in [0.3, 0.4) is 0 Å². The number of carbonyl (C=O) groups is 2. The summed E-state index contributed by atoms with van der Waals surface area (Å²) in [6, 6.07) is 12.4. The molecule has 5 heteroatoms. The topological polar surface area (TPSA) is 92.4 Å². The zero-order chi connectivity index (χ0) is 13.8. The summed E-state index contributed by atoms with van der Waals surface area (Å²) in [7, 11) is 0. The lowest BCUT2D eigenvalue weighted by molar-refractivity contribution is 0.0998. The molecule has 0 fully saturated rings. The van der Waals surface area contributed by atoms with E-state index < -0.39 is 11.8 Å². The van der Waals surface area contributed by atoms with Gasteiger partial charge in [0, 0.05) is 11.3 Å². The number of phenolic OH excluding ortho intramolecular Hbond substituents is 1. The smallest absolute Gasteiger partial charge is 0.259 e. The Kier molecular flexibility index (Phi) is 3.47. The molecule has 2 aromatic rings. The van der Waals surface area contributed by atoms with E-state index in [0.717, 1.165) is 0 Å². The average molecular weight is 256 g/mol. The van der Waals surface area contributed by atoms with Crippen LogP contribution in [0, 0.1) is 0 Å². The molecule has 19 heavy (non-hydrogen) atoms. The summed E-state index contributed by atoms with van der Waals surface area (Å²) in [5, 5.41) is 12.2. The van der Waals surface area contributed by atoms with Gasteiger partial charge in [0.2, 0.25) is 5.91 Å². The van der Waals surface area contributed by atoms with Gasteiger partial charge >= 0.3 is 0 Å². The Labute approximate surface area is 109 Å². The Bertz CT molecular complexity index is 621. The van der Waals surface area contributed by atoms with Crippen molar-refractivity contribution in [1.29, 1.82) is 0 Å². The summed E-state index contributed by atoms with van der Waals surface area (Å²) in [5.41, 5.74) is 6.17. The molecule has 0 unspecified atom stereocenters. The molecule has 0 bridgehead atoms. The van der Waals surface area contributed by atoms with E-state index in [-0.39, 0.29) is 11.3 Å². The van der Waals surface area contributed by atoms with Crippen molar-refractivity contribution in [3.05, 3.63) is 59.7 Å². The third-order valence-electron chi connectivity index (χ3n) is 2.58. The first-order valence-electron chi connectivity index (χ1n) is 5.57. The molecule has 0 saturated carbocycles. The number of para-hydroxylation sites is 1. The van der Waals surface area contributed by atoms with E-state index in [1.54, 1.807) is 24.3 Å². The monoisotopic (exact) mass is 256 g/mol. The highest BCUT2D eigenvalue weighted by atomic mass is 16.3. The fourth-order valence-corrected chi connectivity index (χ4v) is 1.58. The van der Waals surface area contributed by atoms with Gasteiger partial charge in [0.1, 0.15) is 5.75 Å². The van der Waals surface area contributed by atoms with Crippen LogP contribution in [0.15, 0.2) is 48.5 Å². The van der Waals surface area contributed by atoms with E-state index in [0.29, 0.717) is 11.3 Å². The number of primary amides is 1. The molecule has 5 nitrogen and oxygen atoms in total. The summed E-state index contributed by atoms with van der Waals surface area (Å²) >= 11 is 0. The minimum Gasteiger partial charge on any atom is -0.507 e. The Balaban J connectivity index is 2.15. The molecule has 0 spiro atoms. The van der Waals surface area contributed by atoms with Crippen LogP contribution in [0.5, 0.6) is 5.75 Å². The van der Waals surface area contributed by atoms with Crippen molar-refractivity contribution in [2.75, 3.05) is 5.32 Å². The van der Waals surface area contributed by atoms with Gasteiger partial charge in [0.05, 0.1) is 5.56 Å². The molecule has 96 valence electrons. The SMILES string of the molecule is NC(=O)c1ccc(NC(=O)c2ccccc2O)cc1. The van der Waals surface area contributed by atoms with Gasteiger partial charge in [-0.15, -0.1) is 0 Å². The highest BCUT2D eigenvalue weighted by Gasteiger charge is 2.10. The first-order chi connectivity index (χ1) is 9.08. The molecular weight excluding hydrogens is 244 g/mol. The fourth-order valence-electron chi connectivity index (χ4n) is 1.58. The average Bonchev–Trinajstić information content (AvgIpc) is 2.39. The van der Waals surface area contributed by atoms with Gasteiger partial charge < -0.3 is 16.2 Å². The number of aromatic hydroxyl groups is 1. The number of nitrogens with one attached hydrogen (secondary N) is 1. The van der Waals surface area contributed by atoms with Crippen LogP contribution in [0.2, 0.25) is 0 Å². The zero-order valence-corrected chi connectivity index (χ0v) is 9.96. The second-order valence-corrected chi connectivity index (χ2v) is 3.91. The van der Waals surface area contributed by atoms with Crippen molar-refractivity contribution < 1.29 is 14.7 Å². The summed E-state index contributed by atoms with van der Waals surface area (Å²) in [6.45, 7) is 0. The number of carbonyl (C=O) groups excluding carboxylic acids is 2. The molecule has 0 radical (unpaired) electrons. The van der Waals surface area contributed by atoms with Gasteiger partial charge in [-0.05, 0) is 36.4 Å². The molecule has 2 amide bonds.